The molecule has 0 radical (unpaired) electrons. The van der Waals surface area contributed by atoms with E-state index in [1.54, 1.807) is 11.0 Å². The second kappa shape index (κ2) is 15.9. The zero-order valence-electron chi connectivity index (χ0n) is 27.4. The number of nitrogens with zero attached hydrogens (tertiary/aromatic N) is 1. The standard InChI is InChI=1S/C37H47NO7/c1-26(2)43-32-24-30(19-20-31(32)35(39)41-6)28-17-15-27(16-18-28)21-22-38(36(40)45-37(3,4)5)25-33(29-12-8-7-9-13-29)44-34-14-10-11-23-42-34/h7-9,12-13,15-20,24,26,33-34H,10-11,14,21-23,25H2,1-6H3/t33-,34?/m1/s1. The van der Waals surface area contributed by atoms with Crippen molar-refractivity contribution in [2.45, 2.75) is 84.4 Å². The van der Waals surface area contributed by atoms with E-state index in [2.05, 4.69) is 12.1 Å². The summed E-state index contributed by atoms with van der Waals surface area (Å²) in [5.41, 5.74) is 3.73. The zero-order chi connectivity index (χ0) is 32.4. The number of amides is 1. The van der Waals surface area contributed by atoms with Crippen LogP contribution in [0.25, 0.3) is 11.1 Å². The lowest BCUT2D eigenvalue weighted by atomic mass is 10.0. The third-order valence-corrected chi connectivity index (χ3v) is 7.37. The second-order valence-corrected chi connectivity index (χ2v) is 12.6. The molecule has 1 fully saturated rings. The minimum atomic E-state index is -0.631. The van der Waals surface area contributed by atoms with Crippen LogP contribution in [0, 0.1) is 0 Å². The molecule has 0 spiro atoms. The number of methoxy groups -OCH3 is 1. The highest BCUT2D eigenvalue weighted by Crippen LogP contribution is 2.30. The maximum Gasteiger partial charge on any atom is 0.410 e. The normalized spacial score (nSPS) is 15.8. The summed E-state index contributed by atoms with van der Waals surface area (Å²) >= 11 is 0. The van der Waals surface area contributed by atoms with E-state index in [9.17, 15) is 9.59 Å². The van der Waals surface area contributed by atoms with Gasteiger partial charge in [0.25, 0.3) is 0 Å². The number of ether oxygens (including phenoxy) is 5. The molecule has 1 aliphatic heterocycles. The number of rotatable bonds is 12. The molecule has 242 valence electrons. The van der Waals surface area contributed by atoms with E-state index in [1.165, 1.54) is 7.11 Å². The molecular formula is C37H47NO7. The number of carbonyl (C=O) groups excluding carboxylic acids is 2. The van der Waals surface area contributed by atoms with E-state index < -0.39 is 11.6 Å². The Morgan fingerprint density at radius 1 is 0.956 bits per heavy atom. The summed E-state index contributed by atoms with van der Waals surface area (Å²) in [6.45, 7) is 10.9. The lowest BCUT2D eigenvalue weighted by Crippen LogP contribution is -2.41. The average molecular weight is 618 g/mol. The molecule has 45 heavy (non-hydrogen) atoms. The van der Waals surface area contributed by atoms with Gasteiger partial charge in [0, 0.05) is 13.2 Å². The number of benzene rings is 3. The van der Waals surface area contributed by atoms with Crippen LogP contribution in [-0.4, -0.2) is 61.8 Å². The first kappa shape index (κ1) is 34.0. The smallest absolute Gasteiger partial charge is 0.410 e. The molecule has 3 aromatic rings. The van der Waals surface area contributed by atoms with Gasteiger partial charge in [-0.3, -0.25) is 0 Å². The number of hydrogen-bond acceptors (Lipinski definition) is 7. The molecule has 3 aromatic carbocycles. The van der Waals surface area contributed by atoms with Crippen molar-refractivity contribution in [2.24, 2.45) is 0 Å². The van der Waals surface area contributed by atoms with Crippen molar-refractivity contribution in [3.05, 3.63) is 89.5 Å². The van der Waals surface area contributed by atoms with Crippen molar-refractivity contribution in [3.63, 3.8) is 0 Å². The van der Waals surface area contributed by atoms with Crippen LogP contribution >= 0.6 is 0 Å². The molecule has 1 saturated heterocycles. The predicted molar refractivity (Wildman–Crippen MR) is 174 cm³/mol. The molecule has 1 aliphatic rings. The van der Waals surface area contributed by atoms with Gasteiger partial charge < -0.3 is 28.6 Å². The third-order valence-electron chi connectivity index (χ3n) is 7.37. The molecule has 8 heteroatoms. The topological polar surface area (TPSA) is 83.5 Å². The van der Waals surface area contributed by atoms with Gasteiger partial charge in [-0.2, -0.15) is 0 Å². The van der Waals surface area contributed by atoms with Crippen LogP contribution in [0.2, 0.25) is 0 Å². The second-order valence-electron chi connectivity index (χ2n) is 12.6. The fourth-order valence-electron chi connectivity index (χ4n) is 5.14. The SMILES string of the molecule is COC(=O)c1ccc(-c2ccc(CCN(C[C@@H](OC3CCCCO3)c3ccccc3)C(=O)OC(C)(C)C)cc2)cc1OC(C)C. The predicted octanol–water partition coefficient (Wildman–Crippen LogP) is 7.99. The highest BCUT2D eigenvalue weighted by atomic mass is 16.7. The third kappa shape index (κ3) is 10.3. The van der Waals surface area contributed by atoms with Crippen molar-refractivity contribution in [1.29, 1.82) is 0 Å². The van der Waals surface area contributed by atoms with Crippen molar-refractivity contribution in [1.82, 2.24) is 4.90 Å². The minimum Gasteiger partial charge on any atom is -0.490 e. The number of esters is 1. The Morgan fingerprint density at radius 2 is 1.67 bits per heavy atom. The van der Waals surface area contributed by atoms with Crippen molar-refractivity contribution >= 4 is 12.1 Å². The summed E-state index contributed by atoms with van der Waals surface area (Å²) in [4.78, 5) is 27.4. The zero-order valence-corrected chi connectivity index (χ0v) is 27.4. The largest absolute Gasteiger partial charge is 0.490 e. The Kier molecular flexibility index (Phi) is 12.0. The maximum atomic E-state index is 13.5. The quantitative estimate of drug-likeness (QED) is 0.191. The fourth-order valence-corrected chi connectivity index (χ4v) is 5.14. The molecule has 0 saturated carbocycles. The minimum absolute atomic E-state index is 0.0963. The van der Waals surface area contributed by atoms with Crippen LogP contribution in [0.1, 0.15) is 81.5 Å². The molecule has 0 aliphatic carbocycles. The van der Waals surface area contributed by atoms with E-state index in [0.29, 0.717) is 37.4 Å². The summed E-state index contributed by atoms with van der Waals surface area (Å²) in [6, 6.07) is 23.6. The van der Waals surface area contributed by atoms with Crippen LogP contribution < -0.4 is 4.74 Å². The van der Waals surface area contributed by atoms with Crippen molar-refractivity contribution in [2.75, 3.05) is 26.8 Å². The summed E-state index contributed by atoms with van der Waals surface area (Å²) in [6.07, 6.45) is 2.41. The van der Waals surface area contributed by atoms with Crippen molar-refractivity contribution in [3.8, 4) is 16.9 Å². The Labute approximate surface area is 267 Å². The molecule has 1 heterocycles. The summed E-state index contributed by atoms with van der Waals surface area (Å²) in [5, 5.41) is 0. The van der Waals surface area contributed by atoms with Gasteiger partial charge in [0.05, 0.1) is 19.8 Å². The lowest BCUT2D eigenvalue weighted by Gasteiger charge is -2.33. The van der Waals surface area contributed by atoms with Gasteiger partial charge in [-0.15, -0.1) is 0 Å². The molecule has 0 bridgehead atoms. The van der Waals surface area contributed by atoms with Crippen LogP contribution in [0.5, 0.6) is 5.75 Å². The first-order valence-corrected chi connectivity index (χ1v) is 15.8. The number of hydrogen-bond donors (Lipinski definition) is 0. The van der Waals surface area contributed by atoms with Gasteiger partial charge in [-0.1, -0.05) is 60.7 Å². The van der Waals surface area contributed by atoms with Gasteiger partial charge in [0.2, 0.25) is 0 Å². The summed E-state index contributed by atoms with van der Waals surface area (Å²) < 4.78 is 29.0. The van der Waals surface area contributed by atoms with Gasteiger partial charge in [-0.05, 0) is 94.7 Å². The molecule has 0 N–H and O–H groups in total. The Morgan fingerprint density at radius 3 is 2.29 bits per heavy atom. The fraction of sp³-hybridized carbons (Fsp3) is 0.459. The molecule has 2 atom stereocenters. The molecule has 1 unspecified atom stereocenters. The van der Waals surface area contributed by atoms with Crippen LogP contribution in [0.3, 0.4) is 0 Å². The van der Waals surface area contributed by atoms with Gasteiger partial charge in [0.1, 0.15) is 23.0 Å². The van der Waals surface area contributed by atoms with E-state index in [4.69, 9.17) is 23.7 Å². The highest BCUT2D eigenvalue weighted by molar-refractivity contribution is 5.93. The average Bonchev–Trinajstić information content (AvgIpc) is 3.02. The van der Waals surface area contributed by atoms with E-state index >= 15 is 0 Å². The molecule has 4 rings (SSSR count). The van der Waals surface area contributed by atoms with Gasteiger partial charge in [-0.25, -0.2) is 9.59 Å². The first-order valence-electron chi connectivity index (χ1n) is 15.8. The van der Waals surface area contributed by atoms with E-state index in [0.717, 1.165) is 41.5 Å². The highest BCUT2D eigenvalue weighted by Gasteiger charge is 2.28. The Balaban J connectivity index is 1.51. The van der Waals surface area contributed by atoms with Crippen LogP contribution in [0.4, 0.5) is 4.79 Å². The van der Waals surface area contributed by atoms with Crippen molar-refractivity contribution < 1.29 is 33.3 Å². The number of carbonyl (C=O) groups is 2. The molecule has 8 nitrogen and oxygen atoms in total. The molecular weight excluding hydrogens is 570 g/mol. The van der Waals surface area contributed by atoms with E-state index in [-0.39, 0.29) is 24.6 Å². The summed E-state index contributed by atoms with van der Waals surface area (Å²) in [7, 11) is 1.36. The lowest BCUT2D eigenvalue weighted by molar-refractivity contribution is -0.192. The molecule has 1 amide bonds. The maximum absolute atomic E-state index is 13.5. The van der Waals surface area contributed by atoms with Crippen LogP contribution in [0.15, 0.2) is 72.8 Å². The van der Waals surface area contributed by atoms with Gasteiger partial charge in [0.15, 0.2) is 6.29 Å². The van der Waals surface area contributed by atoms with E-state index in [1.807, 2.05) is 89.2 Å². The Bertz CT molecular complexity index is 1380. The monoisotopic (exact) mass is 617 g/mol. The molecule has 0 aromatic heterocycles. The first-order chi connectivity index (χ1) is 21.5. The van der Waals surface area contributed by atoms with Gasteiger partial charge >= 0.3 is 12.1 Å². The van der Waals surface area contributed by atoms with Crippen LogP contribution in [-0.2, 0) is 25.4 Å². The Hall–Kier alpha value is -3.88. The summed E-state index contributed by atoms with van der Waals surface area (Å²) in [5.74, 6) is 0.0495.